The maximum Gasteiger partial charge on any atom is 0.144 e. The summed E-state index contributed by atoms with van der Waals surface area (Å²) in [6.07, 6.45) is 1.03. The highest BCUT2D eigenvalue weighted by Gasteiger charge is 2.33. The molecule has 0 amide bonds. The van der Waals surface area contributed by atoms with E-state index in [1.165, 1.54) is 0 Å². The minimum atomic E-state index is -0.323. The lowest BCUT2D eigenvalue weighted by molar-refractivity contribution is -0.131. The van der Waals surface area contributed by atoms with Crippen molar-refractivity contribution < 1.29 is 4.79 Å². The van der Waals surface area contributed by atoms with Crippen LogP contribution in [0.1, 0.15) is 54.9 Å². The molecule has 2 atom stereocenters. The van der Waals surface area contributed by atoms with E-state index in [1.807, 2.05) is 20.8 Å². The van der Waals surface area contributed by atoms with Crippen molar-refractivity contribution in [3.63, 3.8) is 0 Å². The van der Waals surface area contributed by atoms with Gasteiger partial charge in [-0.3, -0.25) is 4.79 Å². The molecule has 3 N–H and O–H groups in total. The van der Waals surface area contributed by atoms with Crippen LogP contribution in [0.25, 0.3) is 0 Å². The summed E-state index contributed by atoms with van der Waals surface area (Å²) in [6.45, 7) is 14.8. The summed E-state index contributed by atoms with van der Waals surface area (Å²) in [6, 6.07) is 0.113. The summed E-state index contributed by atoms with van der Waals surface area (Å²) in [5.74, 6) is 0.132. The van der Waals surface area contributed by atoms with Gasteiger partial charge >= 0.3 is 0 Å². The van der Waals surface area contributed by atoms with Crippen LogP contribution >= 0.6 is 0 Å². The number of carbonyl (C=O) groups excluding carboxylic acids is 1. The molecular formula is C14H30N2O. The van der Waals surface area contributed by atoms with Crippen molar-refractivity contribution in [2.75, 3.05) is 6.54 Å². The Hall–Kier alpha value is -0.410. The van der Waals surface area contributed by atoms with Gasteiger partial charge in [0, 0.05) is 29.5 Å². The lowest BCUT2D eigenvalue weighted by Crippen LogP contribution is -2.52. The molecule has 0 radical (unpaired) electrons. The maximum absolute atomic E-state index is 12.3. The molecule has 0 heterocycles. The number of nitrogens with one attached hydrogen (secondary N) is 1. The van der Waals surface area contributed by atoms with Crippen LogP contribution in [-0.2, 0) is 4.79 Å². The first-order chi connectivity index (χ1) is 7.55. The van der Waals surface area contributed by atoms with Crippen LogP contribution in [0.4, 0.5) is 0 Å². The highest BCUT2D eigenvalue weighted by atomic mass is 16.1. The Morgan fingerprint density at radius 2 is 1.71 bits per heavy atom. The molecule has 0 aliphatic carbocycles. The summed E-state index contributed by atoms with van der Waals surface area (Å²) < 4.78 is 0. The highest BCUT2D eigenvalue weighted by Crippen LogP contribution is 2.23. The van der Waals surface area contributed by atoms with E-state index in [2.05, 4.69) is 33.0 Å². The van der Waals surface area contributed by atoms with Crippen molar-refractivity contribution in [3.8, 4) is 0 Å². The van der Waals surface area contributed by atoms with Gasteiger partial charge in [-0.2, -0.15) is 0 Å². The van der Waals surface area contributed by atoms with E-state index in [1.54, 1.807) is 0 Å². The molecule has 0 aromatic carbocycles. The van der Waals surface area contributed by atoms with Crippen LogP contribution in [0.15, 0.2) is 0 Å². The molecular weight excluding hydrogens is 212 g/mol. The Morgan fingerprint density at radius 3 is 2.00 bits per heavy atom. The average Bonchev–Trinajstić information content (AvgIpc) is 2.16. The molecule has 0 aliphatic heterocycles. The van der Waals surface area contributed by atoms with Gasteiger partial charge in [-0.25, -0.2) is 0 Å². The summed E-state index contributed by atoms with van der Waals surface area (Å²) in [5, 5.41) is 3.51. The Labute approximate surface area is 107 Å². The topological polar surface area (TPSA) is 55.1 Å². The molecule has 0 aromatic heterocycles. The molecule has 0 fully saturated rings. The molecule has 0 unspecified atom stereocenters. The largest absolute Gasteiger partial charge is 0.330 e. The van der Waals surface area contributed by atoms with E-state index in [-0.39, 0.29) is 28.7 Å². The van der Waals surface area contributed by atoms with Crippen molar-refractivity contribution in [2.45, 2.75) is 66.5 Å². The van der Waals surface area contributed by atoms with Crippen LogP contribution in [0.3, 0.4) is 0 Å². The number of hydrogen-bond donors (Lipinski definition) is 2. The second-order valence-electron chi connectivity index (χ2n) is 6.63. The maximum atomic E-state index is 12.3. The Balaban J connectivity index is 4.74. The Morgan fingerprint density at radius 1 is 1.24 bits per heavy atom. The minimum Gasteiger partial charge on any atom is -0.330 e. The molecule has 0 saturated carbocycles. The third-order valence-corrected chi connectivity index (χ3v) is 3.44. The number of hydrogen-bond acceptors (Lipinski definition) is 3. The van der Waals surface area contributed by atoms with Crippen molar-refractivity contribution in [2.24, 2.45) is 17.1 Å². The van der Waals surface area contributed by atoms with Crippen molar-refractivity contribution in [1.29, 1.82) is 0 Å². The number of Topliss-reactive ketones (excluding diaryl/α,β-unsaturated/α-hetero) is 1. The van der Waals surface area contributed by atoms with E-state index in [0.717, 1.165) is 6.42 Å². The van der Waals surface area contributed by atoms with E-state index in [4.69, 9.17) is 5.73 Å². The number of ketones is 1. The fourth-order valence-electron chi connectivity index (χ4n) is 1.91. The fourth-order valence-corrected chi connectivity index (χ4v) is 1.91. The second kappa shape index (κ2) is 5.96. The Bertz CT molecular complexity index is 253. The van der Waals surface area contributed by atoms with E-state index < -0.39 is 0 Å². The van der Waals surface area contributed by atoms with Crippen LogP contribution in [-0.4, -0.2) is 23.9 Å². The van der Waals surface area contributed by atoms with Gasteiger partial charge in [-0.15, -0.1) is 0 Å². The number of rotatable bonds is 6. The first-order valence-corrected chi connectivity index (χ1v) is 6.57. The van der Waals surface area contributed by atoms with Gasteiger partial charge in [0.25, 0.3) is 0 Å². The third-order valence-electron chi connectivity index (χ3n) is 3.44. The standard InChI is InChI=1S/C14H30N2O/c1-8-14(6,7)16-10(2)11(9-15)12(17)13(3,4)5/h10-11,16H,8-9,15H2,1-7H3/t10-,11-/m0/s1. The van der Waals surface area contributed by atoms with Gasteiger partial charge in [-0.05, 0) is 27.2 Å². The predicted octanol–water partition coefficient (Wildman–Crippen LogP) is 2.34. The SMILES string of the molecule is CCC(C)(C)N[C@@H](C)[C@H](CN)C(=O)C(C)(C)C. The highest BCUT2D eigenvalue weighted by molar-refractivity contribution is 5.86. The third kappa shape index (κ3) is 5.17. The zero-order valence-corrected chi connectivity index (χ0v) is 12.6. The molecule has 0 aliphatic rings. The minimum absolute atomic E-state index is 0.0466. The first kappa shape index (κ1) is 16.6. The molecule has 0 aromatic rings. The predicted molar refractivity (Wildman–Crippen MR) is 74.0 cm³/mol. The zero-order valence-electron chi connectivity index (χ0n) is 12.6. The molecule has 17 heavy (non-hydrogen) atoms. The fraction of sp³-hybridized carbons (Fsp3) is 0.929. The van der Waals surface area contributed by atoms with Crippen LogP contribution in [0.2, 0.25) is 0 Å². The molecule has 0 bridgehead atoms. The summed E-state index contributed by atoms with van der Waals surface area (Å²) >= 11 is 0. The summed E-state index contributed by atoms with van der Waals surface area (Å²) in [7, 11) is 0. The van der Waals surface area contributed by atoms with Gasteiger partial charge in [0.1, 0.15) is 5.78 Å². The monoisotopic (exact) mass is 242 g/mol. The molecule has 3 heteroatoms. The zero-order chi connectivity index (χ0) is 13.9. The van der Waals surface area contributed by atoms with E-state index >= 15 is 0 Å². The van der Waals surface area contributed by atoms with E-state index in [0.29, 0.717) is 6.54 Å². The average molecular weight is 242 g/mol. The Kier molecular flexibility index (Phi) is 5.82. The second-order valence-corrected chi connectivity index (χ2v) is 6.63. The van der Waals surface area contributed by atoms with Gasteiger partial charge in [0.05, 0.1) is 0 Å². The van der Waals surface area contributed by atoms with Crippen molar-refractivity contribution in [3.05, 3.63) is 0 Å². The lowest BCUT2D eigenvalue weighted by atomic mass is 9.79. The van der Waals surface area contributed by atoms with Crippen molar-refractivity contribution >= 4 is 5.78 Å². The quantitative estimate of drug-likeness (QED) is 0.751. The number of nitrogens with two attached hydrogens (primary N) is 1. The smallest absolute Gasteiger partial charge is 0.144 e. The normalized spacial score (nSPS) is 16.7. The summed E-state index contributed by atoms with van der Waals surface area (Å²) in [4.78, 5) is 12.3. The molecule has 0 rings (SSSR count). The molecule has 0 spiro atoms. The van der Waals surface area contributed by atoms with Crippen LogP contribution in [0.5, 0.6) is 0 Å². The van der Waals surface area contributed by atoms with Crippen LogP contribution < -0.4 is 11.1 Å². The van der Waals surface area contributed by atoms with Gasteiger partial charge in [-0.1, -0.05) is 27.7 Å². The van der Waals surface area contributed by atoms with Crippen molar-refractivity contribution in [1.82, 2.24) is 5.32 Å². The molecule has 102 valence electrons. The van der Waals surface area contributed by atoms with Gasteiger partial charge in [0.2, 0.25) is 0 Å². The summed E-state index contributed by atoms with van der Waals surface area (Å²) in [5.41, 5.74) is 5.49. The molecule has 3 nitrogen and oxygen atoms in total. The van der Waals surface area contributed by atoms with Gasteiger partial charge in [0.15, 0.2) is 0 Å². The lowest BCUT2D eigenvalue weighted by Gasteiger charge is -2.35. The van der Waals surface area contributed by atoms with Crippen LogP contribution in [0, 0.1) is 11.3 Å². The van der Waals surface area contributed by atoms with Gasteiger partial charge < -0.3 is 11.1 Å². The number of carbonyl (C=O) groups is 1. The molecule has 0 saturated heterocycles. The first-order valence-electron chi connectivity index (χ1n) is 6.57. The van der Waals surface area contributed by atoms with E-state index in [9.17, 15) is 4.79 Å².